The van der Waals surface area contributed by atoms with E-state index in [1.54, 1.807) is 0 Å². The lowest BCUT2D eigenvalue weighted by Gasteiger charge is -2.33. The van der Waals surface area contributed by atoms with Crippen LogP contribution in [0.4, 0.5) is 0 Å². The zero-order valence-electron chi connectivity index (χ0n) is 10.8. The summed E-state index contributed by atoms with van der Waals surface area (Å²) in [5, 5.41) is 13.3. The van der Waals surface area contributed by atoms with Gasteiger partial charge < -0.3 is 15.3 Å². The van der Waals surface area contributed by atoms with Crippen molar-refractivity contribution in [2.75, 3.05) is 26.2 Å². The minimum atomic E-state index is -0.00989. The van der Waals surface area contributed by atoms with Crippen molar-refractivity contribution in [1.82, 2.24) is 10.2 Å². The Morgan fingerprint density at radius 2 is 1.76 bits per heavy atom. The van der Waals surface area contributed by atoms with Gasteiger partial charge in [-0.3, -0.25) is 0 Å². The largest absolute Gasteiger partial charge is 0.393 e. The molecule has 2 heterocycles. The fraction of sp³-hybridized carbons (Fsp3) is 1.00. The van der Waals surface area contributed by atoms with Crippen LogP contribution in [0.25, 0.3) is 0 Å². The summed E-state index contributed by atoms with van der Waals surface area (Å²) >= 11 is 0. The van der Waals surface area contributed by atoms with Gasteiger partial charge in [-0.15, -0.1) is 0 Å². The van der Waals surface area contributed by atoms with Crippen LogP contribution in [0.3, 0.4) is 0 Å². The highest BCUT2D eigenvalue weighted by Crippen LogP contribution is 2.28. The molecule has 2 bridgehead atoms. The lowest BCUT2D eigenvalue weighted by molar-refractivity contribution is 0.105. The molecule has 3 rings (SSSR count). The highest BCUT2D eigenvalue weighted by atomic mass is 16.3. The third-order valence-corrected chi connectivity index (χ3v) is 5.12. The lowest BCUT2D eigenvalue weighted by atomic mass is 9.86. The van der Waals surface area contributed by atoms with Gasteiger partial charge in [0.1, 0.15) is 0 Å². The summed E-state index contributed by atoms with van der Waals surface area (Å²) in [4.78, 5) is 2.61. The molecule has 0 amide bonds. The maximum absolute atomic E-state index is 9.50. The number of aliphatic hydroxyl groups is 1. The summed E-state index contributed by atoms with van der Waals surface area (Å²) in [5.41, 5.74) is 0. The first-order valence-electron chi connectivity index (χ1n) is 7.45. The zero-order chi connectivity index (χ0) is 11.7. The second-order valence-electron chi connectivity index (χ2n) is 6.33. The van der Waals surface area contributed by atoms with Crippen LogP contribution in [0.1, 0.15) is 38.5 Å². The van der Waals surface area contributed by atoms with Crippen molar-refractivity contribution in [3.8, 4) is 0 Å². The van der Waals surface area contributed by atoms with E-state index < -0.39 is 0 Å². The van der Waals surface area contributed by atoms with Crippen molar-refractivity contribution in [2.45, 2.75) is 50.7 Å². The van der Waals surface area contributed by atoms with E-state index >= 15 is 0 Å². The molecule has 3 nitrogen and oxygen atoms in total. The van der Waals surface area contributed by atoms with Crippen molar-refractivity contribution in [1.29, 1.82) is 0 Å². The summed E-state index contributed by atoms with van der Waals surface area (Å²) in [6.07, 6.45) is 7.23. The molecule has 3 atom stereocenters. The molecule has 3 aliphatic rings. The molecule has 0 spiro atoms. The van der Waals surface area contributed by atoms with E-state index in [0.717, 1.165) is 30.7 Å². The van der Waals surface area contributed by atoms with Crippen LogP contribution in [0.2, 0.25) is 0 Å². The molecule has 98 valence electrons. The summed E-state index contributed by atoms with van der Waals surface area (Å²) in [6.45, 7) is 5.16. The Kier molecular flexibility index (Phi) is 3.69. The van der Waals surface area contributed by atoms with Crippen molar-refractivity contribution < 1.29 is 5.11 Å². The maximum Gasteiger partial charge on any atom is 0.0540 e. The van der Waals surface area contributed by atoms with E-state index in [1.165, 1.54) is 51.9 Å². The van der Waals surface area contributed by atoms with Gasteiger partial charge in [0.25, 0.3) is 0 Å². The standard InChI is InChI=1S/C14H26N2O/c17-13-3-1-11(2-4-13)9-15-14-6-8-16-7-5-12(14)10-16/h11-15,17H,1-10H2. The van der Waals surface area contributed by atoms with Crippen LogP contribution < -0.4 is 5.32 Å². The van der Waals surface area contributed by atoms with Crippen LogP contribution in [0.15, 0.2) is 0 Å². The molecule has 0 radical (unpaired) electrons. The number of piperidine rings is 1. The topological polar surface area (TPSA) is 35.5 Å². The smallest absolute Gasteiger partial charge is 0.0540 e. The van der Waals surface area contributed by atoms with Crippen LogP contribution in [-0.2, 0) is 0 Å². The second-order valence-corrected chi connectivity index (χ2v) is 6.33. The minimum Gasteiger partial charge on any atom is -0.393 e. The Balaban J connectivity index is 1.42. The van der Waals surface area contributed by atoms with E-state index in [1.807, 2.05) is 0 Å². The van der Waals surface area contributed by atoms with Crippen LogP contribution in [0, 0.1) is 11.8 Å². The predicted octanol–water partition coefficient (Wildman–Crippen LogP) is 1.22. The van der Waals surface area contributed by atoms with Crippen LogP contribution in [-0.4, -0.2) is 48.3 Å². The molecule has 1 aliphatic carbocycles. The van der Waals surface area contributed by atoms with Crippen LogP contribution in [0.5, 0.6) is 0 Å². The monoisotopic (exact) mass is 238 g/mol. The highest BCUT2D eigenvalue weighted by molar-refractivity contribution is 4.91. The molecular weight excluding hydrogens is 212 g/mol. The number of nitrogens with zero attached hydrogens (tertiary/aromatic N) is 1. The molecule has 3 fully saturated rings. The van der Waals surface area contributed by atoms with Gasteiger partial charge in [0, 0.05) is 12.6 Å². The summed E-state index contributed by atoms with van der Waals surface area (Å²) < 4.78 is 0. The third-order valence-electron chi connectivity index (χ3n) is 5.12. The summed E-state index contributed by atoms with van der Waals surface area (Å²) in [7, 11) is 0. The first kappa shape index (κ1) is 11.9. The zero-order valence-corrected chi connectivity index (χ0v) is 10.8. The Morgan fingerprint density at radius 1 is 1.00 bits per heavy atom. The Bertz CT molecular complexity index is 251. The minimum absolute atomic E-state index is 0.00989. The average molecular weight is 238 g/mol. The lowest BCUT2D eigenvalue weighted by Crippen LogP contribution is -2.45. The molecule has 0 aromatic carbocycles. The number of fused-ring (bicyclic) bond motifs is 2. The quantitative estimate of drug-likeness (QED) is 0.776. The SMILES string of the molecule is OC1CCC(CNC2CCN3CCC2C3)CC1. The molecule has 0 aromatic heterocycles. The predicted molar refractivity (Wildman–Crippen MR) is 68.9 cm³/mol. The van der Waals surface area contributed by atoms with Gasteiger partial charge in [0.2, 0.25) is 0 Å². The molecular formula is C14H26N2O. The van der Waals surface area contributed by atoms with E-state index in [2.05, 4.69) is 10.2 Å². The molecule has 1 saturated carbocycles. The Labute approximate surface area is 105 Å². The fourth-order valence-corrected chi connectivity index (χ4v) is 3.89. The molecule has 0 aromatic rings. The number of hydrogen-bond donors (Lipinski definition) is 2. The highest BCUT2D eigenvalue weighted by Gasteiger charge is 2.34. The first-order valence-corrected chi connectivity index (χ1v) is 7.45. The Hall–Kier alpha value is -0.120. The third kappa shape index (κ3) is 2.83. The van der Waals surface area contributed by atoms with Gasteiger partial charge >= 0.3 is 0 Å². The van der Waals surface area contributed by atoms with Gasteiger partial charge in [-0.25, -0.2) is 0 Å². The van der Waals surface area contributed by atoms with Gasteiger partial charge in [0.05, 0.1) is 6.10 Å². The maximum atomic E-state index is 9.50. The number of nitrogens with one attached hydrogen (secondary N) is 1. The molecule has 2 N–H and O–H groups in total. The molecule has 2 saturated heterocycles. The molecule has 2 aliphatic heterocycles. The van der Waals surface area contributed by atoms with Crippen LogP contribution >= 0.6 is 0 Å². The fourth-order valence-electron chi connectivity index (χ4n) is 3.89. The Morgan fingerprint density at radius 3 is 2.59 bits per heavy atom. The van der Waals surface area contributed by atoms with Crippen molar-refractivity contribution in [3.63, 3.8) is 0 Å². The number of hydrogen-bond acceptors (Lipinski definition) is 3. The second kappa shape index (κ2) is 5.25. The molecule has 3 unspecified atom stereocenters. The molecule has 3 heteroatoms. The normalized spacial score (nSPS) is 46.1. The van der Waals surface area contributed by atoms with E-state index in [-0.39, 0.29) is 6.10 Å². The van der Waals surface area contributed by atoms with Crippen molar-refractivity contribution in [3.05, 3.63) is 0 Å². The van der Waals surface area contributed by atoms with Gasteiger partial charge in [-0.05, 0) is 70.0 Å². The first-order chi connectivity index (χ1) is 8.31. The van der Waals surface area contributed by atoms with Crippen molar-refractivity contribution >= 4 is 0 Å². The van der Waals surface area contributed by atoms with E-state index in [4.69, 9.17) is 0 Å². The number of aliphatic hydroxyl groups excluding tert-OH is 1. The van der Waals surface area contributed by atoms with Gasteiger partial charge in [-0.2, -0.15) is 0 Å². The van der Waals surface area contributed by atoms with Crippen molar-refractivity contribution in [2.24, 2.45) is 11.8 Å². The number of rotatable bonds is 3. The van der Waals surface area contributed by atoms with E-state index in [9.17, 15) is 5.11 Å². The van der Waals surface area contributed by atoms with E-state index in [0.29, 0.717) is 0 Å². The van der Waals surface area contributed by atoms with Gasteiger partial charge in [0.15, 0.2) is 0 Å². The summed E-state index contributed by atoms with van der Waals surface area (Å²) in [5.74, 6) is 1.73. The molecule has 17 heavy (non-hydrogen) atoms. The van der Waals surface area contributed by atoms with Gasteiger partial charge in [-0.1, -0.05) is 0 Å². The average Bonchev–Trinajstić information content (AvgIpc) is 2.73. The summed E-state index contributed by atoms with van der Waals surface area (Å²) in [6, 6.07) is 0.778.